The molecular weight excluding hydrogens is 577 g/mol. The quantitative estimate of drug-likeness (QED) is 0.158. The average Bonchev–Trinajstić information content (AvgIpc) is 3.11. The van der Waals surface area contributed by atoms with E-state index in [1.165, 1.54) is 18.2 Å². The molecule has 2 aromatic carbocycles. The number of aliphatic hydroxyl groups is 1. The molecule has 0 bridgehead atoms. The minimum atomic E-state index is -4.51. The first-order valence-corrected chi connectivity index (χ1v) is 16.3. The number of benzene rings is 2. The molecule has 2 aromatic rings. The molecule has 3 rings (SSSR count). The molecule has 0 radical (unpaired) electrons. The molecule has 2 N–H and O–H groups in total. The van der Waals surface area contributed by atoms with Crippen LogP contribution in [0.4, 0.5) is 22.0 Å². The van der Waals surface area contributed by atoms with Gasteiger partial charge in [-0.25, -0.2) is 17.2 Å². The van der Waals surface area contributed by atoms with Crippen LogP contribution in [0, 0.1) is 11.6 Å². The number of phenolic OH excluding ortho intramolecular Hbond substituents is 1. The number of halogens is 5. The summed E-state index contributed by atoms with van der Waals surface area (Å²) in [7, 11) is -3.79. The van der Waals surface area contributed by atoms with Gasteiger partial charge in [0.25, 0.3) is 0 Å². The van der Waals surface area contributed by atoms with Gasteiger partial charge >= 0.3 is 6.18 Å². The van der Waals surface area contributed by atoms with Crippen LogP contribution in [0.25, 0.3) is 11.1 Å². The molecule has 5 nitrogen and oxygen atoms in total. The smallest absolute Gasteiger partial charge is 0.390 e. The van der Waals surface area contributed by atoms with Crippen molar-refractivity contribution >= 4 is 21.0 Å². The second kappa shape index (κ2) is 15.8. The van der Waals surface area contributed by atoms with Crippen LogP contribution in [0.15, 0.2) is 36.4 Å². The van der Waals surface area contributed by atoms with Crippen molar-refractivity contribution in [1.29, 1.82) is 0 Å². The lowest BCUT2D eigenvalue weighted by Crippen LogP contribution is -2.30. The summed E-state index contributed by atoms with van der Waals surface area (Å²) in [6.07, 6.45) is 0.278. The highest BCUT2D eigenvalue weighted by molar-refractivity contribution is 7.91. The third-order valence-corrected chi connectivity index (χ3v) is 9.39. The van der Waals surface area contributed by atoms with Gasteiger partial charge in [-0.3, -0.25) is 0 Å². The molecule has 0 saturated carbocycles. The number of fused-ring (bicyclic) bond motifs is 1. The van der Waals surface area contributed by atoms with Gasteiger partial charge < -0.3 is 15.1 Å². The number of hydrogen-bond acceptors (Lipinski definition) is 5. The van der Waals surface area contributed by atoms with Crippen molar-refractivity contribution in [1.82, 2.24) is 4.90 Å². The second-order valence-electron chi connectivity index (χ2n) is 10.8. The number of hydrogen-bond donors (Lipinski definition) is 2. The van der Waals surface area contributed by atoms with E-state index >= 15 is 0 Å². The Morgan fingerprint density at radius 2 is 1.52 bits per heavy atom. The van der Waals surface area contributed by atoms with Gasteiger partial charge in [0.2, 0.25) is 0 Å². The Bertz CT molecular complexity index is 1290. The molecule has 0 saturated heterocycles. The van der Waals surface area contributed by atoms with E-state index < -0.39 is 34.0 Å². The Morgan fingerprint density at radius 3 is 2.21 bits per heavy atom. The van der Waals surface area contributed by atoms with Crippen LogP contribution in [0.2, 0.25) is 0 Å². The van der Waals surface area contributed by atoms with E-state index in [2.05, 4.69) is 0 Å². The summed E-state index contributed by atoms with van der Waals surface area (Å²) in [5.74, 6) is -2.53. The molecule has 0 heterocycles. The number of rotatable bonds is 16. The van der Waals surface area contributed by atoms with Crippen molar-refractivity contribution in [2.75, 3.05) is 37.7 Å². The van der Waals surface area contributed by atoms with E-state index in [-0.39, 0.29) is 30.3 Å². The Labute approximate surface area is 245 Å². The third kappa shape index (κ3) is 10.6. The third-order valence-electron chi connectivity index (χ3n) is 7.65. The number of allylic oxidation sites excluding steroid dienone is 2. The Kier molecular flexibility index (Phi) is 12.8. The van der Waals surface area contributed by atoms with E-state index in [0.717, 1.165) is 48.0 Å². The Morgan fingerprint density at radius 1 is 0.833 bits per heavy atom. The van der Waals surface area contributed by atoms with Crippen LogP contribution in [-0.2, 0) is 16.3 Å². The summed E-state index contributed by atoms with van der Waals surface area (Å²) >= 11 is 0. The minimum Gasteiger partial charge on any atom is -0.505 e. The predicted molar refractivity (Wildman–Crippen MR) is 155 cm³/mol. The molecule has 234 valence electrons. The molecule has 42 heavy (non-hydrogen) atoms. The highest BCUT2D eigenvalue weighted by atomic mass is 32.2. The van der Waals surface area contributed by atoms with E-state index in [4.69, 9.17) is 0 Å². The van der Waals surface area contributed by atoms with E-state index in [0.29, 0.717) is 50.9 Å². The van der Waals surface area contributed by atoms with Gasteiger partial charge in [0.05, 0.1) is 24.5 Å². The van der Waals surface area contributed by atoms with Gasteiger partial charge in [-0.15, -0.1) is 0 Å². The standard InChI is InChI=1S/C31H40F5NO4S/c32-24-12-10-23(11-13-24)25-8-5-9-28-27(14-15-29(39)30(28)33)26(25)7-3-1-2-4-17-37(19-20-38)18-6-21-42(40,41)22-16-31(34,35)36/h10-15,38-39H,1-9,16-22H2. The second-order valence-corrected chi connectivity index (χ2v) is 13.1. The Balaban J connectivity index is 1.56. The first-order valence-electron chi connectivity index (χ1n) is 14.5. The lowest BCUT2D eigenvalue weighted by molar-refractivity contribution is -0.129. The van der Waals surface area contributed by atoms with Crippen LogP contribution in [0.5, 0.6) is 5.75 Å². The number of nitrogens with zero attached hydrogens (tertiary/aromatic N) is 1. The van der Waals surface area contributed by atoms with Crippen molar-refractivity contribution < 1.29 is 40.6 Å². The van der Waals surface area contributed by atoms with Crippen LogP contribution in [-0.4, -0.2) is 67.5 Å². The predicted octanol–water partition coefficient (Wildman–Crippen LogP) is 6.92. The maximum absolute atomic E-state index is 14.9. The number of alkyl halides is 3. The summed E-state index contributed by atoms with van der Waals surface area (Å²) in [5.41, 5.74) is 4.23. The van der Waals surface area contributed by atoms with Gasteiger partial charge in [-0.1, -0.05) is 31.0 Å². The lowest BCUT2D eigenvalue weighted by atomic mass is 9.89. The highest BCUT2D eigenvalue weighted by Crippen LogP contribution is 2.41. The molecule has 0 atom stereocenters. The molecule has 0 spiro atoms. The van der Waals surface area contributed by atoms with Gasteiger partial charge in [-0.05, 0) is 104 Å². The van der Waals surface area contributed by atoms with Crippen molar-refractivity contribution in [3.8, 4) is 5.75 Å². The van der Waals surface area contributed by atoms with Crippen molar-refractivity contribution in [3.05, 3.63) is 64.7 Å². The monoisotopic (exact) mass is 617 g/mol. The minimum absolute atomic E-state index is 0.105. The summed E-state index contributed by atoms with van der Waals surface area (Å²) in [6.45, 7) is 1.24. The van der Waals surface area contributed by atoms with Crippen LogP contribution in [0.3, 0.4) is 0 Å². The zero-order valence-corrected chi connectivity index (χ0v) is 24.6. The summed E-state index contributed by atoms with van der Waals surface area (Å²) in [4.78, 5) is 1.92. The maximum atomic E-state index is 14.9. The largest absolute Gasteiger partial charge is 0.505 e. The molecule has 0 aliphatic heterocycles. The molecule has 0 fully saturated rings. The lowest BCUT2D eigenvalue weighted by Gasteiger charge is -2.21. The van der Waals surface area contributed by atoms with E-state index in [9.17, 15) is 40.6 Å². The van der Waals surface area contributed by atoms with Crippen molar-refractivity contribution in [3.63, 3.8) is 0 Å². The fourth-order valence-corrected chi connectivity index (χ4v) is 6.81. The number of sulfone groups is 1. The van der Waals surface area contributed by atoms with Gasteiger partial charge in [-0.2, -0.15) is 13.2 Å². The SMILES string of the molecule is O=S(=O)(CCCN(CCO)CCCCCCC1=C(c2ccc(F)cc2)CCCc2c1ccc(O)c2F)CCC(F)(F)F. The molecule has 0 unspecified atom stereocenters. The normalized spacial score (nSPS) is 14.4. The zero-order valence-electron chi connectivity index (χ0n) is 23.7. The number of aliphatic hydroxyl groups excluding tert-OH is 1. The highest BCUT2D eigenvalue weighted by Gasteiger charge is 2.29. The van der Waals surface area contributed by atoms with Gasteiger partial charge in [0.15, 0.2) is 21.4 Å². The van der Waals surface area contributed by atoms with Crippen molar-refractivity contribution in [2.45, 2.75) is 70.4 Å². The maximum Gasteiger partial charge on any atom is 0.390 e. The summed E-state index contributed by atoms with van der Waals surface area (Å²) in [5, 5.41) is 19.3. The number of aromatic hydroxyl groups is 1. The van der Waals surface area contributed by atoms with Crippen LogP contribution >= 0.6 is 0 Å². The fraction of sp³-hybridized carbons (Fsp3) is 0.548. The molecule has 1 aliphatic carbocycles. The first kappa shape index (κ1) is 34.0. The number of phenols is 1. The molecule has 0 amide bonds. The van der Waals surface area contributed by atoms with E-state index in [1.54, 1.807) is 18.2 Å². The molecule has 11 heteroatoms. The summed E-state index contributed by atoms with van der Waals surface area (Å²) in [6, 6.07) is 9.44. The fourth-order valence-electron chi connectivity index (χ4n) is 5.50. The van der Waals surface area contributed by atoms with Gasteiger partial charge in [0, 0.05) is 6.54 Å². The number of unbranched alkanes of at least 4 members (excludes halogenated alkanes) is 3. The van der Waals surface area contributed by atoms with Gasteiger partial charge in [0.1, 0.15) is 5.82 Å². The van der Waals surface area contributed by atoms with Crippen molar-refractivity contribution in [2.24, 2.45) is 0 Å². The Hall–Kier alpha value is -2.50. The molecule has 0 aromatic heterocycles. The van der Waals surface area contributed by atoms with E-state index in [1.807, 2.05) is 4.90 Å². The average molecular weight is 618 g/mol. The molecular formula is C31H40F5NO4S. The zero-order chi connectivity index (χ0) is 30.8. The molecule has 1 aliphatic rings. The topological polar surface area (TPSA) is 77.8 Å². The van der Waals surface area contributed by atoms with Crippen LogP contribution in [0.1, 0.15) is 74.5 Å². The summed E-state index contributed by atoms with van der Waals surface area (Å²) < 4.78 is 89.4. The first-order chi connectivity index (χ1) is 19.9. The van der Waals surface area contributed by atoms with Crippen LogP contribution < -0.4 is 0 Å².